The molecule has 0 aliphatic carbocycles. The Hall–Kier alpha value is -1.49. The highest BCUT2D eigenvalue weighted by molar-refractivity contribution is 8.00. The Morgan fingerprint density at radius 3 is 2.84 bits per heavy atom. The van der Waals surface area contributed by atoms with E-state index in [2.05, 4.69) is 5.32 Å². The molecule has 0 spiro atoms. The van der Waals surface area contributed by atoms with Gasteiger partial charge >= 0.3 is 0 Å². The Kier molecular flexibility index (Phi) is 3.22. The SMILES string of the molecule is C[C@@H]1Sc2ccc(C(=O)N3CCCC3)cc2NC1=O. The van der Waals surface area contributed by atoms with Crippen molar-refractivity contribution in [3.63, 3.8) is 0 Å². The summed E-state index contributed by atoms with van der Waals surface area (Å²) in [5.74, 6) is 0.0708. The molecule has 2 aliphatic rings. The van der Waals surface area contributed by atoms with E-state index in [9.17, 15) is 9.59 Å². The predicted molar refractivity (Wildman–Crippen MR) is 75.5 cm³/mol. The maximum atomic E-state index is 12.3. The number of thioether (sulfide) groups is 1. The van der Waals surface area contributed by atoms with Gasteiger partial charge in [-0.2, -0.15) is 0 Å². The van der Waals surface area contributed by atoms with Crippen molar-refractivity contribution < 1.29 is 9.59 Å². The molecule has 0 unspecified atom stereocenters. The zero-order valence-corrected chi connectivity index (χ0v) is 11.6. The van der Waals surface area contributed by atoms with Crippen LogP contribution in [0.15, 0.2) is 23.1 Å². The summed E-state index contributed by atoms with van der Waals surface area (Å²) in [5.41, 5.74) is 1.43. The average molecular weight is 276 g/mol. The van der Waals surface area contributed by atoms with Gasteiger partial charge in [0.1, 0.15) is 0 Å². The Balaban J connectivity index is 1.87. The van der Waals surface area contributed by atoms with Gasteiger partial charge < -0.3 is 10.2 Å². The number of hydrogen-bond acceptors (Lipinski definition) is 3. The summed E-state index contributed by atoms with van der Waals surface area (Å²) < 4.78 is 0. The first kappa shape index (κ1) is 12.5. The van der Waals surface area contributed by atoms with Crippen LogP contribution in [0.1, 0.15) is 30.1 Å². The van der Waals surface area contributed by atoms with Crippen molar-refractivity contribution in [1.29, 1.82) is 0 Å². The lowest BCUT2D eigenvalue weighted by atomic mass is 10.1. The number of benzene rings is 1. The monoisotopic (exact) mass is 276 g/mol. The average Bonchev–Trinajstić information content (AvgIpc) is 2.93. The smallest absolute Gasteiger partial charge is 0.253 e. The summed E-state index contributed by atoms with van der Waals surface area (Å²) >= 11 is 1.54. The molecule has 4 nitrogen and oxygen atoms in total. The Labute approximate surface area is 116 Å². The molecule has 1 atom stereocenters. The molecule has 0 bridgehead atoms. The van der Waals surface area contributed by atoms with Gasteiger partial charge in [0.25, 0.3) is 5.91 Å². The van der Waals surface area contributed by atoms with Crippen molar-refractivity contribution in [3.05, 3.63) is 23.8 Å². The number of rotatable bonds is 1. The molecule has 100 valence electrons. The van der Waals surface area contributed by atoms with E-state index >= 15 is 0 Å². The topological polar surface area (TPSA) is 49.4 Å². The lowest BCUT2D eigenvalue weighted by molar-refractivity contribution is -0.115. The van der Waals surface area contributed by atoms with E-state index in [0.29, 0.717) is 5.56 Å². The van der Waals surface area contributed by atoms with Gasteiger partial charge in [-0.15, -0.1) is 11.8 Å². The predicted octanol–water partition coefficient (Wildman–Crippen LogP) is 2.36. The molecule has 2 amide bonds. The highest BCUT2D eigenvalue weighted by Gasteiger charge is 2.25. The Morgan fingerprint density at radius 2 is 2.11 bits per heavy atom. The number of hydrogen-bond donors (Lipinski definition) is 1. The van der Waals surface area contributed by atoms with Crippen LogP contribution in [0.3, 0.4) is 0 Å². The fourth-order valence-corrected chi connectivity index (χ4v) is 3.37. The molecule has 3 rings (SSSR count). The van der Waals surface area contributed by atoms with Crippen LogP contribution >= 0.6 is 11.8 Å². The normalized spacial score (nSPS) is 22.1. The summed E-state index contributed by atoms with van der Waals surface area (Å²) in [6, 6.07) is 5.59. The Bertz CT molecular complexity index is 538. The maximum absolute atomic E-state index is 12.3. The van der Waals surface area contributed by atoms with Gasteiger partial charge in [0.15, 0.2) is 0 Å². The van der Waals surface area contributed by atoms with Crippen molar-refractivity contribution in [2.75, 3.05) is 18.4 Å². The highest BCUT2D eigenvalue weighted by atomic mass is 32.2. The number of carbonyl (C=O) groups is 2. The number of likely N-dealkylation sites (tertiary alicyclic amines) is 1. The van der Waals surface area contributed by atoms with E-state index in [1.54, 1.807) is 6.07 Å². The van der Waals surface area contributed by atoms with E-state index < -0.39 is 0 Å². The molecular weight excluding hydrogens is 260 g/mol. The number of carbonyl (C=O) groups excluding carboxylic acids is 2. The van der Waals surface area contributed by atoms with Crippen molar-refractivity contribution >= 4 is 29.3 Å². The first-order chi connectivity index (χ1) is 9.15. The molecule has 2 aliphatic heterocycles. The molecule has 1 N–H and O–H groups in total. The number of amides is 2. The minimum absolute atomic E-state index is 0.00303. The highest BCUT2D eigenvalue weighted by Crippen LogP contribution is 2.36. The second kappa shape index (κ2) is 4.89. The number of nitrogens with zero attached hydrogens (tertiary/aromatic N) is 1. The van der Waals surface area contributed by atoms with Gasteiger partial charge in [-0.1, -0.05) is 0 Å². The number of anilines is 1. The van der Waals surface area contributed by atoms with Crippen molar-refractivity contribution in [2.24, 2.45) is 0 Å². The van der Waals surface area contributed by atoms with Crippen molar-refractivity contribution in [1.82, 2.24) is 4.90 Å². The zero-order valence-electron chi connectivity index (χ0n) is 10.8. The van der Waals surface area contributed by atoms with Crippen molar-refractivity contribution in [2.45, 2.75) is 29.9 Å². The summed E-state index contributed by atoms with van der Waals surface area (Å²) in [6.45, 7) is 3.56. The van der Waals surface area contributed by atoms with Gasteiger partial charge in [-0.25, -0.2) is 0 Å². The Morgan fingerprint density at radius 1 is 1.37 bits per heavy atom. The molecule has 5 heteroatoms. The van der Waals surface area contributed by atoms with Crippen molar-refractivity contribution in [3.8, 4) is 0 Å². The fourth-order valence-electron chi connectivity index (χ4n) is 2.44. The third-order valence-corrected chi connectivity index (χ3v) is 4.73. The molecule has 0 saturated carbocycles. The van der Waals surface area contributed by atoms with E-state index in [1.165, 1.54) is 11.8 Å². The van der Waals surface area contributed by atoms with Gasteiger partial charge in [-0.3, -0.25) is 9.59 Å². The number of nitrogens with one attached hydrogen (secondary N) is 1. The molecule has 0 radical (unpaired) electrons. The summed E-state index contributed by atoms with van der Waals surface area (Å²) in [6.07, 6.45) is 2.17. The molecule has 1 saturated heterocycles. The van der Waals surface area contributed by atoms with E-state index in [1.807, 2.05) is 24.0 Å². The van der Waals surface area contributed by atoms with E-state index in [0.717, 1.165) is 36.5 Å². The second-order valence-electron chi connectivity index (χ2n) is 4.96. The summed E-state index contributed by atoms with van der Waals surface area (Å²) in [4.78, 5) is 26.9. The van der Waals surface area contributed by atoms with Gasteiger partial charge in [0.2, 0.25) is 5.91 Å². The van der Waals surface area contributed by atoms with Gasteiger partial charge in [0.05, 0.1) is 10.9 Å². The molecular formula is C14H16N2O2S. The molecule has 0 aromatic heterocycles. The standard InChI is InChI=1S/C14H16N2O2S/c1-9-13(17)15-11-8-10(4-5-12(11)19-9)14(18)16-6-2-3-7-16/h4-5,8-9H,2-3,6-7H2,1H3,(H,15,17)/t9-/m0/s1. The van der Waals surface area contributed by atoms with Gasteiger partial charge in [0, 0.05) is 23.5 Å². The lowest BCUT2D eigenvalue weighted by Crippen LogP contribution is -2.29. The van der Waals surface area contributed by atoms with Crippen LogP contribution in [-0.4, -0.2) is 35.1 Å². The lowest BCUT2D eigenvalue weighted by Gasteiger charge is -2.22. The minimum atomic E-state index is -0.0763. The van der Waals surface area contributed by atoms with Crippen LogP contribution in [0.5, 0.6) is 0 Å². The van der Waals surface area contributed by atoms with Crippen LogP contribution in [0.4, 0.5) is 5.69 Å². The molecule has 1 aromatic rings. The van der Waals surface area contributed by atoms with Crippen LogP contribution in [0, 0.1) is 0 Å². The van der Waals surface area contributed by atoms with Crippen LogP contribution in [0.25, 0.3) is 0 Å². The third kappa shape index (κ3) is 2.34. The largest absolute Gasteiger partial charge is 0.339 e. The van der Waals surface area contributed by atoms with Gasteiger partial charge in [-0.05, 0) is 38.0 Å². The second-order valence-corrected chi connectivity index (χ2v) is 6.34. The van der Waals surface area contributed by atoms with Crippen LogP contribution in [-0.2, 0) is 4.79 Å². The molecule has 19 heavy (non-hydrogen) atoms. The van der Waals surface area contributed by atoms with Crippen LogP contribution in [0.2, 0.25) is 0 Å². The minimum Gasteiger partial charge on any atom is -0.339 e. The third-order valence-electron chi connectivity index (χ3n) is 3.55. The molecule has 2 heterocycles. The van der Waals surface area contributed by atoms with E-state index in [-0.39, 0.29) is 17.1 Å². The van der Waals surface area contributed by atoms with E-state index in [4.69, 9.17) is 0 Å². The molecule has 1 aromatic carbocycles. The first-order valence-electron chi connectivity index (χ1n) is 6.56. The van der Waals surface area contributed by atoms with Crippen LogP contribution < -0.4 is 5.32 Å². The fraction of sp³-hybridized carbons (Fsp3) is 0.429. The summed E-state index contributed by atoms with van der Waals surface area (Å²) in [7, 11) is 0. The quantitative estimate of drug-likeness (QED) is 0.856. The number of fused-ring (bicyclic) bond motifs is 1. The zero-order chi connectivity index (χ0) is 13.4. The summed E-state index contributed by atoms with van der Waals surface area (Å²) in [5, 5.41) is 2.79. The first-order valence-corrected chi connectivity index (χ1v) is 7.44. The molecule has 1 fully saturated rings. The maximum Gasteiger partial charge on any atom is 0.253 e.